The Bertz CT molecular complexity index is 383. The summed E-state index contributed by atoms with van der Waals surface area (Å²) in [5.74, 6) is 0. The average Bonchev–Trinajstić information content (AvgIpc) is 2.58. The van der Waals surface area contributed by atoms with Crippen molar-refractivity contribution >= 4 is 12.2 Å². The van der Waals surface area contributed by atoms with Crippen molar-refractivity contribution in [3.8, 4) is 0 Å². The quantitative estimate of drug-likeness (QED) is 0.814. The number of hydrogen-bond donors (Lipinski definition) is 1. The van der Waals surface area contributed by atoms with Gasteiger partial charge in [0.05, 0.1) is 11.4 Å². The first kappa shape index (κ1) is 13.5. The van der Waals surface area contributed by atoms with Gasteiger partial charge < -0.3 is 4.98 Å². The Morgan fingerprint density at radius 3 is 2.47 bits per heavy atom. The van der Waals surface area contributed by atoms with Gasteiger partial charge in [0.25, 0.3) is 0 Å². The SMILES string of the molecule is C=Cc1[nH]c(=O)n(CC)c1/C=C\C.CC. The second kappa shape index (κ2) is 6.87. The van der Waals surface area contributed by atoms with E-state index in [1.165, 1.54) is 0 Å². The molecule has 1 aromatic rings. The summed E-state index contributed by atoms with van der Waals surface area (Å²) >= 11 is 0. The Morgan fingerprint density at radius 1 is 1.47 bits per heavy atom. The maximum Gasteiger partial charge on any atom is 0.326 e. The van der Waals surface area contributed by atoms with Crippen molar-refractivity contribution < 1.29 is 0 Å². The molecule has 1 N–H and O–H groups in total. The van der Waals surface area contributed by atoms with E-state index in [1.54, 1.807) is 10.6 Å². The van der Waals surface area contributed by atoms with E-state index in [2.05, 4.69) is 11.6 Å². The largest absolute Gasteiger partial charge is 0.326 e. The molecule has 0 aliphatic carbocycles. The van der Waals surface area contributed by atoms with Crippen LogP contribution in [0.15, 0.2) is 17.4 Å². The molecule has 0 fully saturated rings. The molecule has 84 valence electrons. The number of hydrogen-bond acceptors (Lipinski definition) is 1. The number of rotatable bonds is 3. The number of aromatic amines is 1. The summed E-state index contributed by atoms with van der Waals surface area (Å²) in [5, 5.41) is 0. The average molecular weight is 208 g/mol. The van der Waals surface area contributed by atoms with Crippen LogP contribution in [0.5, 0.6) is 0 Å². The summed E-state index contributed by atoms with van der Waals surface area (Å²) in [6, 6.07) is 0. The molecule has 0 unspecified atom stereocenters. The van der Waals surface area contributed by atoms with Crippen molar-refractivity contribution in [3.63, 3.8) is 0 Å². The molecule has 0 aromatic carbocycles. The normalized spacial score (nSPS) is 9.87. The molecule has 0 radical (unpaired) electrons. The maximum atomic E-state index is 11.4. The molecule has 0 atom stereocenters. The number of H-pyrrole nitrogens is 1. The van der Waals surface area contributed by atoms with E-state index in [0.717, 1.165) is 11.4 Å². The topological polar surface area (TPSA) is 37.8 Å². The van der Waals surface area contributed by atoms with Gasteiger partial charge in [-0.05, 0) is 26.0 Å². The zero-order valence-electron chi connectivity index (χ0n) is 10.0. The van der Waals surface area contributed by atoms with Crippen LogP contribution in [-0.2, 0) is 6.54 Å². The molecule has 3 nitrogen and oxygen atoms in total. The molecule has 15 heavy (non-hydrogen) atoms. The van der Waals surface area contributed by atoms with Gasteiger partial charge in [0.15, 0.2) is 0 Å². The van der Waals surface area contributed by atoms with E-state index in [0.29, 0.717) is 6.54 Å². The lowest BCUT2D eigenvalue weighted by atomic mass is 10.3. The zero-order chi connectivity index (χ0) is 11.8. The van der Waals surface area contributed by atoms with Crippen molar-refractivity contribution in [2.24, 2.45) is 0 Å². The molecule has 0 amide bonds. The van der Waals surface area contributed by atoms with Gasteiger partial charge in [-0.25, -0.2) is 4.79 Å². The second-order valence-electron chi connectivity index (χ2n) is 2.68. The summed E-state index contributed by atoms with van der Waals surface area (Å²) < 4.78 is 1.68. The van der Waals surface area contributed by atoms with E-state index in [4.69, 9.17) is 0 Å². The van der Waals surface area contributed by atoms with Crippen LogP contribution >= 0.6 is 0 Å². The van der Waals surface area contributed by atoms with Gasteiger partial charge in [-0.1, -0.05) is 26.5 Å². The first-order valence-electron chi connectivity index (χ1n) is 5.32. The third kappa shape index (κ3) is 2.98. The second-order valence-corrected chi connectivity index (χ2v) is 2.68. The minimum atomic E-state index is -0.0782. The van der Waals surface area contributed by atoms with Crippen LogP contribution in [0.4, 0.5) is 0 Å². The van der Waals surface area contributed by atoms with E-state index < -0.39 is 0 Å². The van der Waals surface area contributed by atoms with E-state index in [9.17, 15) is 4.79 Å². The number of imidazole rings is 1. The van der Waals surface area contributed by atoms with Crippen LogP contribution < -0.4 is 5.69 Å². The fourth-order valence-electron chi connectivity index (χ4n) is 1.31. The van der Waals surface area contributed by atoms with Gasteiger partial charge in [-0.15, -0.1) is 0 Å². The lowest BCUT2D eigenvalue weighted by molar-refractivity contribution is 0.723. The van der Waals surface area contributed by atoms with E-state index in [-0.39, 0.29) is 5.69 Å². The first-order valence-corrected chi connectivity index (χ1v) is 5.32. The van der Waals surface area contributed by atoms with Crippen molar-refractivity contribution in [3.05, 3.63) is 34.5 Å². The smallest absolute Gasteiger partial charge is 0.306 e. The van der Waals surface area contributed by atoms with Crippen LogP contribution in [0.2, 0.25) is 0 Å². The van der Waals surface area contributed by atoms with Gasteiger partial charge in [0.1, 0.15) is 0 Å². The number of nitrogens with one attached hydrogen (secondary N) is 1. The fraction of sp³-hybridized carbons (Fsp3) is 0.417. The van der Waals surface area contributed by atoms with Crippen molar-refractivity contribution in [2.75, 3.05) is 0 Å². The van der Waals surface area contributed by atoms with Crippen LogP contribution in [0, 0.1) is 0 Å². The summed E-state index contributed by atoms with van der Waals surface area (Å²) in [7, 11) is 0. The highest BCUT2D eigenvalue weighted by atomic mass is 16.1. The van der Waals surface area contributed by atoms with E-state index in [1.807, 2.05) is 39.8 Å². The Morgan fingerprint density at radius 2 is 2.07 bits per heavy atom. The van der Waals surface area contributed by atoms with Gasteiger partial charge in [-0.2, -0.15) is 0 Å². The Balaban J connectivity index is 0.000000921. The predicted octanol–water partition coefficient (Wildman–Crippen LogP) is 2.90. The molecular formula is C12H20N2O. The highest BCUT2D eigenvalue weighted by Gasteiger charge is 2.06. The van der Waals surface area contributed by atoms with Gasteiger partial charge >= 0.3 is 5.69 Å². The molecule has 3 heteroatoms. The number of aromatic nitrogens is 2. The van der Waals surface area contributed by atoms with Gasteiger partial charge in [0.2, 0.25) is 0 Å². The molecular weight excluding hydrogens is 188 g/mol. The lowest BCUT2D eigenvalue weighted by Gasteiger charge is -1.98. The Kier molecular flexibility index (Phi) is 6.18. The molecule has 0 aliphatic rings. The predicted molar refractivity (Wildman–Crippen MR) is 66.9 cm³/mol. The monoisotopic (exact) mass is 208 g/mol. The zero-order valence-corrected chi connectivity index (χ0v) is 10.0. The summed E-state index contributed by atoms with van der Waals surface area (Å²) in [5.41, 5.74) is 1.60. The van der Waals surface area contributed by atoms with Crippen molar-refractivity contribution in [2.45, 2.75) is 34.2 Å². The molecule has 0 spiro atoms. The molecule has 1 rings (SSSR count). The summed E-state index contributed by atoms with van der Waals surface area (Å²) in [6.07, 6.45) is 5.46. The van der Waals surface area contributed by atoms with Gasteiger partial charge in [-0.3, -0.25) is 4.57 Å². The minimum absolute atomic E-state index is 0.0782. The van der Waals surface area contributed by atoms with Crippen LogP contribution in [0.25, 0.3) is 12.2 Å². The lowest BCUT2D eigenvalue weighted by Crippen LogP contribution is -2.16. The minimum Gasteiger partial charge on any atom is -0.306 e. The number of nitrogens with zero attached hydrogens (tertiary/aromatic N) is 1. The third-order valence-electron chi connectivity index (χ3n) is 1.90. The van der Waals surface area contributed by atoms with Crippen LogP contribution in [0.1, 0.15) is 39.1 Å². The van der Waals surface area contributed by atoms with Crippen LogP contribution in [0.3, 0.4) is 0 Å². The fourth-order valence-corrected chi connectivity index (χ4v) is 1.31. The Labute approximate surface area is 91.1 Å². The summed E-state index contributed by atoms with van der Waals surface area (Å²) in [4.78, 5) is 14.1. The molecule has 0 bridgehead atoms. The highest BCUT2D eigenvalue weighted by molar-refractivity contribution is 5.58. The van der Waals surface area contributed by atoms with Crippen LogP contribution in [-0.4, -0.2) is 9.55 Å². The van der Waals surface area contributed by atoms with Crippen molar-refractivity contribution in [1.82, 2.24) is 9.55 Å². The molecule has 0 aliphatic heterocycles. The molecule has 0 saturated heterocycles. The molecule has 1 heterocycles. The standard InChI is InChI=1S/C10H14N2O.C2H6/c1-4-7-9-8(5-2)11-10(13)12(9)6-3;1-2/h4-5,7H,2,6H2,1,3H3,(H,11,13);1-2H3/b7-4-;. The third-order valence-corrected chi connectivity index (χ3v) is 1.90. The maximum absolute atomic E-state index is 11.4. The summed E-state index contributed by atoms with van der Waals surface area (Å²) in [6.45, 7) is 12.2. The Hall–Kier alpha value is -1.51. The highest BCUT2D eigenvalue weighted by Crippen LogP contribution is 2.07. The number of allylic oxidation sites excluding steroid dienone is 1. The first-order chi connectivity index (χ1) is 7.24. The molecule has 1 aromatic heterocycles. The van der Waals surface area contributed by atoms with E-state index >= 15 is 0 Å². The van der Waals surface area contributed by atoms with Crippen molar-refractivity contribution in [1.29, 1.82) is 0 Å². The molecule has 0 saturated carbocycles. The van der Waals surface area contributed by atoms with Gasteiger partial charge in [0, 0.05) is 6.54 Å².